The molecule has 5 heteroatoms. The van der Waals surface area contributed by atoms with Crippen molar-refractivity contribution >= 4 is 27.2 Å². The smallest absolute Gasteiger partial charge is 0.135 e. The minimum Gasteiger partial charge on any atom is -0.370 e. The molecule has 3 rings (SSSR count). The second-order valence-electron chi connectivity index (χ2n) is 4.14. The molecule has 96 valence electrons. The lowest BCUT2D eigenvalue weighted by molar-refractivity contribution is 0.623. The van der Waals surface area contributed by atoms with Crippen LogP contribution < -0.4 is 5.32 Å². The van der Waals surface area contributed by atoms with E-state index in [0.29, 0.717) is 18.4 Å². The average Bonchev–Trinajstić information content (AvgIpc) is 2.92. The fourth-order valence-corrected chi connectivity index (χ4v) is 2.75. The van der Waals surface area contributed by atoms with E-state index in [1.54, 1.807) is 23.6 Å². The van der Waals surface area contributed by atoms with Gasteiger partial charge in [-0.25, -0.2) is 14.4 Å². The lowest BCUT2D eigenvalue weighted by atomic mass is 10.1. The molecule has 0 aliphatic rings. The van der Waals surface area contributed by atoms with Crippen LogP contribution in [0, 0.1) is 5.82 Å². The van der Waals surface area contributed by atoms with Crippen molar-refractivity contribution in [3.8, 4) is 0 Å². The Kier molecular flexibility index (Phi) is 3.37. The van der Waals surface area contributed by atoms with Gasteiger partial charge in [0, 0.05) is 22.8 Å². The standard InChI is InChI=1S/C14H12FN3S/c15-14-10(1-2-12-11(14)5-8-19-12)3-7-17-13-4-6-16-9-18-13/h1-2,4-6,8-9H,3,7H2,(H,16,17,18). The summed E-state index contributed by atoms with van der Waals surface area (Å²) in [6.07, 6.45) is 3.79. The number of hydrogen-bond acceptors (Lipinski definition) is 4. The van der Waals surface area contributed by atoms with Crippen molar-refractivity contribution in [2.75, 3.05) is 11.9 Å². The highest BCUT2D eigenvalue weighted by Gasteiger charge is 2.07. The maximum absolute atomic E-state index is 14.2. The molecular formula is C14H12FN3S. The van der Waals surface area contributed by atoms with E-state index in [1.807, 2.05) is 23.6 Å². The molecule has 0 unspecified atom stereocenters. The fraction of sp³-hybridized carbons (Fsp3) is 0.143. The van der Waals surface area contributed by atoms with Gasteiger partial charge >= 0.3 is 0 Å². The second kappa shape index (κ2) is 5.32. The zero-order valence-corrected chi connectivity index (χ0v) is 11.0. The first-order chi connectivity index (χ1) is 9.34. The Balaban J connectivity index is 1.70. The van der Waals surface area contributed by atoms with Crippen molar-refractivity contribution < 1.29 is 4.39 Å². The van der Waals surface area contributed by atoms with E-state index < -0.39 is 0 Å². The predicted octanol–water partition coefficient (Wildman–Crippen LogP) is 3.49. The lowest BCUT2D eigenvalue weighted by Crippen LogP contribution is -2.07. The van der Waals surface area contributed by atoms with E-state index in [9.17, 15) is 4.39 Å². The van der Waals surface area contributed by atoms with Gasteiger partial charge in [0.2, 0.25) is 0 Å². The van der Waals surface area contributed by atoms with Gasteiger partial charge in [0.25, 0.3) is 0 Å². The van der Waals surface area contributed by atoms with Crippen molar-refractivity contribution in [3.05, 3.63) is 53.6 Å². The Morgan fingerprint density at radius 1 is 1.21 bits per heavy atom. The molecule has 0 saturated heterocycles. The van der Waals surface area contributed by atoms with Crippen molar-refractivity contribution in [1.82, 2.24) is 9.97 Å². The number of rotatable bonds is 4. The molecule has 2 aromatic heterocycles. The Morgan fingerprint density at radius 2 is 2.16 bits per heavy atom. The number of thiophene rings is 1. The molecule has 0 aliphatic heterocycles. The summed E-state index contributed by atoms with van der Waals surface area (Å²) in [5.41, 5.74) is 0.729. The third-order valence-corrected chi connectivity index (χ3v) is 3.81. The van der Waals surface area contributed by atoms with E-state index >= 15 is 0 Å². The Hall–Kier alpha value is -2.01. The van der Waals surface area contributed by atoms with Crippen molar-refractivity contribution in [3.63, 3.8) is 0 Å². The summed E-state index contributed by atoms with van der Waals surface area (Å²) in [5.74, 6) is 0.648. The number of benzene rings is 1. The van der Waals surface area contributed by atoms with Gasteiger partial charge in [0.1, 0.15) is 18.0 Å². The van der Waals surface area contributed by atoms with Crippen LogP contribution >= 0.6 is 11.3 Å². The van der Waals surface area contributed by atoms with Crippen LogP contribution in [0.15, 0.2) is 42.2 Å². The largest absolute Gasteiger partial charge is 0.370 e. The molecule has 2 heterocycles. The van der Waals surface area contributed by atoms with Crippen molar-refractivity contribution in [1.29, 1.82) is 0 Å². The normalized spacial score (nSPS) is 10.8. The van der Waals surface area contributed by atoms with Crippen LogP contribution in [0.2, 0.25) is 0 Å². The molecule has 1 N–H and O–H groups in total. The molecule has 0 amide bonds. The maximum atomic E-state index is 14.2. The zero-order chi connectivity index (χ0) is 13.1. The highest BCUT2D eigenvalue weighted by molar-refractivity contribution is 7.17. The summed E-state index contributed by atoms with van der Waals surface area (Å²) in [5, 5.41) is 5.77. The van der Waals surface area contributed by atoms with Crippen LogP contribution in [0.25, 0.3) is 10.1 Å². The van der Waals surface area contributed by atoms with E-state index in [4.69, 9.17) is 0 Å². The van der Waals surface area contributed by atoms with Gasteiger partial charge in [-0.1, -0.05) is 6.07 Å². The molecule has 0 saturated carbocycles. The second-order valence-corrected chi connectivity index (χ2v) is 5.09. The number of nitrogens with one attached hydrogen (secondary N) is 1. The highest BCUT2D eigenvalue weighted by Crippen LogP contribution is 2.25. The van der Waals surface area contributed by atoms with Crippen LogP contribution in [0.5, 0.6) is 0 Å². The molecular weight excluding hydrogens is 261 g/mol. The number of nitrogens with zero attached hydrogens (tertiary/aromatic N) is 2. The van der Waals surface area contributed by atoms with Crippen LogP contribution in [-0.4, -0.2) is 16.5 Å². The van der Waals surface area contributed by atoms with Crippen LogP contribution in [-0.2, 0) is 6.42 Å². The van der Waals surface area contributed by atoms with Gasteiger partial charge in [-0.3, -0.25) is 0 Å². The number of fused-ring (bicyclic) bond motifs is 1. The average molecular weight is 273 g/mol. The first kappa shape index (κ1) is 12.0. The van der Waals surface area contributed by atoms with Gasteiger partial charge in [-0.2, -0.15) is 0 Å². The molecule has 0 aliphatic carbocycles. The van der Waals surface area contributed by atoms with E-state index in [0.717, 1.165) is 16.1 Å². The molecule has 0 bridgehead atoms. The third kappa shape index (κ3) is 2.56. The molecule has 0 atom stereocenters. The van der Waals surface area contributed by atoms with E-state index in [2.05, 4.69) is 15.3 Å². The minimum absolute atomic E-state index is 0.108. The third-order valence-electron chi connectivity index (χ3n) is 2.93. The summed E-state index contributed by atoms with van der Waals surface area (Å²) in [7, 11) is 0. The van der Waals surface area contributed by atoms with Crippen LogP contribution in [0.3, 0.4) is 0 Å². The summed E-state index contributed by atoms with van der Waals surface area (Å²) >= 11 is 1.56. The summed E-state index contributed by atoms with van der Waals surface area (Å²) in [4.78, 5) is 7.90. The summed E-state index contributed by atoms with van der Waals surface area (Å²) in [6.45, 7) is 0.642. The Labute approximate surface area is 114 Å². The number of anilines is 1. The lowest BCUT2D eigenvalue weighted by Gasteiger charge is -2.06. The molecule has 3 aromatic rings. The SMILES string of the molecule is Fc1c(CCNc2ccncn2)ccc2sccc12. The Bertz CT molecular complexity index is 681. The van der Waals surface area contributed by atoms with Gasteiger partial charge in [-0.15, -0.1) is 11.3 Å². The Morgan fingerprint density at radius 3 is 3.00 bits per heavy atom. The van der Waals surface area contributed by atoms with Crippen molar-refractivity contribution in [2.24, 2.45) is 0 Å². The molecule has 19 heavy (non-hydrogen) atoms. The van der Waals surface area contributed by atoms with Gasteiger partial charge in [-0.05, 0) is 35.6 Å². The van der Waals surface area contributed by atoms with Crippen molar-refractivity contribution in [2.45, 2.75) is 6.42 Å². The van der Waals surface area contributed by atoms with Gasteiger partial charge < -0.3 is 5.32 Å². The fourth-order valence-electron chi connectivity index (χ4n) is 1.97. The first-order valence-electron chi connectivity index (χ1n) is 5.99. The number of hydrogen-bond donors (Lipinski definition) is 1. The monoisotopic (exact) mass is 273 g/mol. The van der Waals surface area contributed by atoms with Gasteiger partial charge in [0.15, 0.2) is 0 Å². The van der Waals surface area contributed by atoms with E-state index in [-0.39, 0.29) is 5.82 Å². The maximum Gasteiger partial charge on any atom is 0.135 e. The molecule has 0 spiro atoms. The zero-order valence-electron chi connectivity index (χ0n) is 10.1. The van der Waals surface area contributed by atoms with Gasteiger partial charge in [0.05, 0.1) is 0 Å². The van der Waals surface area contributed by atoms with Crippen LogP contribution in [0.1, 0.15) is 5.56 Å². The quantitative estimate of drug-likeness (QED) is 0.790. The number of aromatic nitrogens is 2. The predicted molar refractivity (Wildman–Crippen MR) is 76.0 cm³/mol. The van der Waals surface area contributed by atoms with E-state index in [1.165, 1.54) is 6.33 Å². The first-order valence-corrected chi connectivity index (χ1v) is 6.87. The molecule has 0 radical (unpaired) electrons. The molecule has 1 aromatic carbocycles. The summed E-state index contributed by atoms with van der Waals surface area (Å²) in [6, 6.07) is 7.45. The number of halogens is 1. The highest BCUT2D eigenvalue weighted by atomic mass is 32.1. The topological polar surface area (TPSA) is 37.8 Å². The van der Waals surface area contributed by atoms with Crippen LogP contribution in [0.4, 0.5) is 10.2 Å². The summed E-state index contributed by atoms with van der Waals surface area (Å²) < 4.78 is 15.2. The molecule has 3 nitrogen and oxygen atoms in total. The minimum atomic E-state index is -0.108. The molecule has 0 fully saturated rings.